The van der Waals surface area contributed by atoms with E-state index in [1.54, 1.807) is 12.1 Å². The summed E-state index contributed by atoms with van der Waals surface area (Å²) in [4.78, 5) is 7.90. The molecule has 0 amide bonds. The standard InChI is InChI=1S/C13H10ClN5O2/c14-7-1-6-4-20-5-21-11(6)8(2-7)10-9(3-15)12(16)19-13(17)18-10/h1-2H,4-5H2,(H4,16,17,18,19). The van der Waals surface area contributed by atoms with E-state index >= 15 is 0 Å². The van der Waals surface area contributed by atoms with Crippen molar-refractivity contribution in [1.29, 1.82) is 5.26 Å². The van der Waals surface area contributed by atoms with Gasteiger partial charge in [-0.1, -0.05) is 11.6 Å². The van der Waals surface area contributed by atoms with Gasteiger partial charge in [-0.05, 0) is 12.1 Å². The molecule has 1 aliphatic heterocycles. The molecule has 0 unspecified atom stereocenters. The van der Waals surface area contributed by atoms with E-state index in [2.05, 4.69) is 9.97 Å². The van der Waals surface area contributed by atoms with Gasteiger partial charge in [0.1, 0.15) is 23.2 Å². The van der Waals surface area contributed by atoms with E-state index in [4.69, 9.17) is 32.5 Å². The molecule has 1 aromatic carbocycles. The molecule has 106 valence electrons. The molecule has 3 rings (SSSR count). The number of hydrogen-bond acceptors (Lipinski definition) is 7. The Morgan fingerprint density at radius 3 is 2.86 bits per heavy atom. The van der Waals surface area contributed by atoms with Gasteiger partial charge in [-0.15, -0.1) is 0 Å². The van der Waals surface area contributed by atoms with Crippen LogP contribution in [0.3, 0.4) is 0 Å². The fourth-order valence-electron chi connectivity index (χ4n) is 2.16. The summed E-state index contributed by atoms with van der Waals surface area (Å²) < 4.78 is 10.7. The van der Waals surface area contributed by atoms with Gasteiger partial charge >= 0.3 is 0 Å². The Bertz CT molecular complexity index is 772. The highest BCUT2D eigenvalue weighted by Crippen LogP contribution is 2.39. The second-order valence-electron chi connectivity index (χ2n) is 4.35. The molecule has 2 aromatic rings. The van der Waals surface area contributed by atoms with Crippen LogP contribution >= 0.6 is 11.6 Å². The largest absolute Gasteiger partial charge is 0.466 e. The third-order valence-corrected chi connectivity index (χ3v) is 3.21. The summed E-state index contributed by atoms with van der Waals surface area (Å²) >= 11 is 6.11. The molecular weight excluding hydrogens is 294 g/mol. The highest BCUT2D eigenvalue weighted by molar-refractivity contribution is 6.31. The van der Waals surface area contributed by atoms with Crippen LogP contribution in [-0.4, -0.2) is 16.8 Å². The lowest BCUT2D eigenvalue weighted by atomic mass is 10.0. The number of halogens is 1. The number of aromatic nitrogens is 2. The quantitative estimate of drug-likeness (QED) is 0.822. The molecule has 0 bridgehead atoms. The molecular formula is C13H10ClN5O2. The van der Waals surface area contributed by atoms with Crippen molar-refractivity contribution in [3.05, 3.63) is 28.3 Å². The fraction of sp³-hybridized carbons (Fsp3) is 0.154. The van der Waals surface area contributed by atoms with E-state index < -0.39 is 0 Å². The average Bonchev–Trinajstić information content (AvgIpc) is 2.45. The van der Waals surface area contributed by atoms with Crippen LogP contribution in [0.2, 0.25) is 5.02 Å². The van der Waals surface area contributed by atoms with E-state index in [9.17, 15) is 5.26 Å². The molecule has 1 aromatic heterocycles. The average molecular weight is 304 g/mol. The number of anilines is 2. The molecule has 0 atom stereocenters. The van der Waals surface area contributed by atoms with Crippen molar-refractivity contribution in [2.24, 2.45) is 0 Å². The smallest absolute Gasteiger partial charge is 0.222 e. The number of nitrogens with two attached hydrogens (primary N) is 2. The SMILES string of the molecule is N#Cc1c(N)nc(N)nc1-c1cc(Cl)cc2c1OCOC2. The van der Waals surface area contributed by atoms with Crippen molar-refractivity contribution in [3.63, 3.8) is 0 Å². The minimum absolute atomic E-state index is 0.0146. The number of nitrogens with zero attached hydrogens (tertiary/aromatic N) is 3. The van der Waals surface area contributed by atoms with Gasteiger partial charge in [-0.3, -0.25) is 0 Å². The first kappa shape index (κ1) is 13.4. The lowest BCUT2D eigenvalue weighted by molar-refractivity contribution is -0.0159. The van der Waals surface area contributed by atoms with Crippen LogP contribution in [0.25, 0.3) is 11.3 Å². The predicted molar refractivity (Wildman–Crippen MR) is 76.3 cm³/mol. The third kappa shape index (κ3) is 2.31. The van der Waals surface area contributed by atoms with Gasteiger partial charge in [-0.25, -0.2) is 4.98 Å². The van der Waals surface area contributed by atoms with Crippen LogP contribution in [0.4, 0.5) is 11.8 Å². The summed E-state index contributed by atoms with van der Waals surface area (Å²) in [5.74, 6) is 0.544. The zero-order valence-electron chi connectivity index (χ0n) is 10.8. The molecule has 2 heterocycles. The van der Waals surface area contributed by atoms with E-state index in [1.165, 1.54) is 0 Å². The molecule has 8 heteroatoms. The van der Waals surface area contributed by atoms with Crippen LogP contribution in [0.5, 0.6) is 5.75 Å². The maximum absolute atomic E-state index is 9.28. The zero-order chi connectivity index (χ0) is 15.0. The van der Waals surface area contributed by atoms with Gasteiger partial charge in [0.05, 0.1) is 12.3 Å². The molecule has 7 nitrogen and oxygen atoms in total. The molecule has 0 radical (unpaired) electrons. The second-order valence-corrected chi connectivity index (χ2v) is 4.79. The first-order chi connectivity index (χ1) is 10.1. The molecule has 0 fully saturated rings. The van der Waals surface area contributed by atoms with Crippen molar-refractivity contribution in [1.82, 2.24) is 9.97 Å². The summed E-state index contributed by atoms with van der Waals surface area (Å²) in [6, 6.07) is 5.36. The molecule has 0 saturated carbocycles. The van der Waals surface area contributed by atoms with Gasteiger partial charge in [0.25, 0.3) is 0 Å². The van der Waals surface area contributed by atoms with Gasteiger partial charge in [0.15, 0.2) is 6.79 Å². The lowest BCUT2D eigenvalue weighted by Gasteiger charge is -2.21. The molecule has 0 spiro atoms. The van der Waals surface area contributed by atoms with E-state index in [1.807, 2.05) is 6.07 Å². The van der Waals surface area contributed by atoms with E-state index in [-0.39, 0.29) is 24.1 Å². The van der Waals surface area contributed by atoms with Crippen molar-refractivity contribution >= 4 is 23.4 Å². The van der Waals surface area contributed by atoms with E-state index in [0.717, 1.165) is 5.56 Å². The van der Waals surface area contributed by atoms with Gasteiger partial charge < -0.3 is 20.9 Å². The molecule has 1 aliphatic rings. The Hall–Kier alpha value is -2.56. The van der Waals surface area contributed by atoms with Crippen LogP contribution in [0, 0.1) is 11.3 Å². The number of nitrogen functional groups attached to an aromatic ring is 2. The number of fused-ring (bicyclic) bond motifs is 1. The fourth-order valence-corrected chi connectivity index (χ4v) is 2.40. The Balaban J connectivity index is 2.31. The van der Waals surface area contributed by atoms with Gasteiger partial charge in [-0.2, -0.15) is 10.2 Å². The monoisotopic (exact) mass is 303 g/mol. The highest BCUT2D eigenvalue weighted by atomic mass is 35.5. The summed E-state index contributed by atoms with van der Waals surface area (Å²) in [7, 11) is 0. The minimum atomic E-state index is -0.0257. The Morgan fingerprint density at radius 1 is 1.29 bits per heavy atom. The Morgan fingerprint density at radius 2 is 2.10 bits per heavy atom. The van der Waals surface area contributed by atoms with Crippen LogP contribution in [-0.2, 0) is 11.3 Å². The van der Waals surface area contributed by atoms with Crippen LogP contribution in [0.15, 0.2) is 12.1 Å². The summed E-state index contributed by atoms with van der Waals surface area (Å²) in [5.41, 5.74) is 13.1. The minimum Gasteiger partial charge on any atom is -0.466 e. The first-order valence-corrected chi connectivity index (χ1v) is 6.34. The van der Waals surface area contributed by atoms with Crippen molar-refractivity contribution in [3.8, 4) is 23.1 Å². The van der Waals surface area contributed by atoms with Crippen LogP contribution < -0.4 is 16.2 Å². The van der Waals surface area contributed by atoms with Crippen molar-refractivity contribution in [2.45, 2.75) is 6.61 Å². The molecule has 21 heavy (non-hydrogen) atoms. The Labute approximate surface area is 125 Å². The molecule has 0 aliphatic carbocycles. The summed E-state index contributed by atoms with van der Waals surface area (Å²) in [5, 5.41) is 9.75. The van der Waals surface area contributed by atoms with Gasteiger partial charge in [0.2, 0.25) is 5.95 Å². The first-order valence-electron chi connectivity index (χ1n) is 5.96. The topological polar surface area (TPSA) is 120 Å². The summed E-state index contributed by atoms with van der Waals surface area (Å²) in [6.45, 7) is 0.473. The zero-order valence-corrected chi connectivity index (χ0v) is 11.5. The second kappa shape index (κ2) is 5.09. The van der Waals surface area contributed by atoms with Crippen molar-refractivity contribution in [2.75, 3.05) is 18.3 Å². The number of ether oxygens (including phenoxy) is 2. The summed E-state index contributed by atoms with van der Waals surface area (Å²) in [6.07, 6.45) is 0. The van der Waals surface area contributed by atoms with Crippen molar-refractivity contribution < 1.29 is 9.47 Å². The maximum Gasteiger partial charge on any atom is 0.222 e. The molecule has 4 N–H and O–H groups in total. The number of nitriles is 1. The lowest BCUT2D eigenvalue weighted by Crippen LogP contribution is -2.13. The number of rotatable bonds is 1. The van der Waals surface area contributed by atoms with E-state index in [0.29, 0.717) is 28.6 Å². The number of hydrogen-bond donors (Lipinski definition) is 2. The highest BCUT2D eigenvalue weighted by Gasteiger charge is 2.22. The number of benzene rings is 1. The van der Waals surface area contributed by atoms with Gasteiger partial charge in [0, 0.05) is 16.1 Å². The van der Waals surface area contributed by atoms with Crippen LogP contribution in [0.1, 0.15) is 11.1 Å². The molecule has 0 saturated heterocycles. The normalized spacial score (nSPS) is 13.1. The predicted octanol–water partition coefficient (Wildman–Crippen LogP) is 1.70. The third-order valence-electron chi connectivity index (χ3n) is 3.00. The maximum atomic E-state index is 9.28. The Kier molecular flexibility index (Phi) is 3.25.